The first-order valence-electron chi connectivity index (χ1n) is 8.81. The van der Waals surface area contributed by atoms with Crippen LogP contribution in [0.4, 0.5) is 13.2 Å². The largest absolute Gasteiger partial charge is 0.466 e. The smallest absolute Gasteiger partial charge is 0.406 e. The van der Waals surface area contributed by atoms with Crippen molar-refractivity contribution in [2.24, 2.45) is 0 Å². The number of fused-ring (bicyclic) bond motifs is 1. The lowest BCUT2D eigenvalue weighted by molar-refractivity contribution is -0.140. The van der Waals surface area contributed by atoms with Crippen molar-refractivity contribution >= 4 is 17.0 Å². The molecule has 0 spiro atoms. The Hall–Kier alpha value is -2.84. The fourth-order valence-corrected chi connectivity index (χ4v) is 3.20. The van der Waals surface area contributed by atoms with Crippen LogP contribution in [0.15, 0.2) is 21.1 Å². The molecule has 0 radical (unpaired) electrons. The average molecular weight is 395 g/mol. The van der Waals surface area contributed by atoms with Crippen LogP contribution < -0.4 is 0 Å². The van der Waals surface area contributed by atoms with Gasteiger partial charge >= 0.3 is 6.18 Å². The van der Waals surface area contributed by atoms with Crippen molar-refractivity contribution in [2.75, 3.05) is 13.1 Å². The molecule has 0 aliphatic carbocycles. The number of carbonyl (C=O) groups excluding carboxylic acids is 1. The molecule has 28 heavy (non-hydrogen) atoms. The van der Waals surface area contributed by atoms with Crippen molar-refractivity contribution in [3.63, 3.8) is 0 Å². The number of rotatable bonds is 5. The van der Waals surface area contributed by atoms with E-state index in [1.807, 2.05) is 0 Å². The summed E-state index contributed by atoms with van der Waals surface area (Å²) < 4.78 is 49.7. The van der Waals surface area contributed by atoms with E-state index in [1.54, 1.807) is 33.8 Å². The number of amides is 1. The van der Waals surface area contributed by atoms with Crippen molar-refractivity contribution in [3.8, 4) is 11.3 Å². The number of pyridine rings is 1. The zero-order valence-corrected chi connectivity index (χ0v) is 16.0. The number of aryl methyl sites for hydroxylation is 3. The van der Waals surface area contributed by atoms with E-state index in [-0.39, 0.29) is 17.8 Å². The molecule has 0 saturated heterocycles. The summed E-state index contributed by atoms with van der Waals surface area (Å²) in [6.45, 7) is 5.50. The molecule has 9 heteroatoms. The first kappa shape index (κ1) is 19.9. The lowest BCUT2D eigenvalue weighted by Crippen LogP contribution is -2.39. The highest BCUT2D eigenvalue weighted by Gasteiger charge is 2.34. The van der Waals surface area contributed by atoms with Gasteiger partial charge in [-0.25, -0.2) is 4.98 Å². The fraction of sp³-hybridized carbons (Fsp3) is 0.421. The van der Waals surface area contributed by atoms with Crippen LogP contribution in [0.3, 0.4) is 0 Å². The van der Waals surface area contributed by atoms with Crippen LogP contribution in [0.25, 0.3) is 22.4 Å². The predicted molar refractivity (Wildman–Crippen MR) is 96.0 cm³/mol. The summed E-state index contributed by atoms with van der Waals surface area (Å²) in [6, 6.07) is 3.23. The van der Waals surface area contributed by atoms with Crippen molar-refractivity contribution in [3.05, 3.63) is 34.9 Å². The molecular formula is C19H20F3N3O3. The summed E-state index contributed by atoms with van der Waals surface area (Å²) in [5, 5.41) is 4.14. The van der Waals surface area contributed by atoms with Gasteiger partial charge in [0, 0.05) is 12.1 Å². The summed E-state index contributed by atoms with van der Waals surface area (Å²) >= 11 is 0. The maximum absolute atomic E-state index is 13.1. The van der Waals surface area contributed by atoms with Gasteiger partial charge in [0.1, 0.15) is 18.1 Å². The summed E-state index contributed by atoms with van der Waals surface area (Å²) in [4.78, 5) is 18.2. The third-order valence-electron chi connectivity index (χ3n) is 4.32. The Morgan fingerprint density at radius 2 is 1.93 bits per heavy atom. The fourth-order valence-electron chi connectivity index (χ4n) is 3.20. The van der Waals surface area contributed by atoms with Gasteiger partial charge in [-0.3, -0.25) is 4.79 Å². The quantitative estimate of drug-likeness (QED) is 0.619. The summed E-state index contributed by atoms with van der Waals surface area (Å²) in [5.74, 6) is 0.498. The van der Waals surface area contributed by atoms with E-state index in [1.165, 1.54) is 6.07 Å². The molecule has 6 nitrogen and oxygen atoms in total. The standard InChI is InChI=1S/C19H20F3N3O3/c1-5-6-25(9-19(20,21)22)18(26)14-8-15(13-7-10(2)27-12(13)4)23-17-16(14)11(3)24-28-17/h7-8H,5-6,9H2,1-4H3. The third kappa shape index (κ3) is 3.88. The highest BCUT2D eigenvalue weighted by molar-refractivity contribution is 6.07. The Labute approximate surface area is 159 Å². The van der Waals surface area contributed by atoms with E-state index in [0.29, 0.717) is 40.3 Å². The highest BCUT2D eigenvalue weighted by atomic mass is 19.4. The number of aromatic nitrogens is 2. The van der Waals surface area contributed by atoms with E-state index < -0.39 is 18.6 Å². The Bertz CT molecular complexity index is 1020. The van der Waals surface area contributed by atoms with Crippen molar-refractivity contribution in [1.29, 1.82) is 0 Å². The molecule has 0 bridgehead atoms. The molecular weight excluding hydrogens is 375 g/mol. The molecule has 0 N–H and O–H groups in total. The van der Waals surface area contributed by atoms with Crippen molar-refractivity contribution in [2.45, 2.75) is 40.3 Å². The zero-order valence-electron chi connectivity index (χ0n) is 16.0. The average Bonchev–Trinajstić information content (AvgIpc) is 3.14. The zero-order chi connectivity index (χ0) is 20.6. The van der Waals surface area contributed by atoms with Crippen LogP contribution in [-0.2, 0) is 0 Å². The molecule has 3 aromatic rings. The van der Waals surface area contributed by atoms with Gasteiger partial charge in [0.25, 0.3) is 11.6 Å². The van der Waals surface area contributed by atoms with Gasteiger partial charge < -0.3 is 13.8 Å². The number of furan rings is 1. The Morgan fingerprint density at radius 1 is 1.21 bits per heavy atom. The summed E-state index contributed by atoms with van der Waals surface area (Å²) in [7, 11) is 0. The second kappa shape index (κ2) is 7.29. The van der Waals surface area contributed by atoms with Crippen LogP contribution in [0, 0.1) is 20.8 Å². The number of carbonyl (C=O) groups is 1. The normalized spacial score (nSPS) is 12.0. The van der Waals surface area contributed by atoms with E-state index in [2.05, 4.69) is 10.1 Å². The van der Waals surface area contributed by atoms with Gasteiger partial charge in [-0.05, 0) is 39.3 Å². The number of halogens is 3. The minimum Gasteiger partial charge on any atom is -0.466 e. The molecule has 3 rings (SSSR count). The molecule has 0 fully saturated rings. The van der Waals surface area contributed by atoms with Gasteiger partial charge in [-0.1, -0.05) is 12.1 Å². The molecule has 3 aromatic heterocycles. The lowest BCUT2D eigenvalue weighted by Gasteiger charge is -2.24. The van der Waals surface area contributed by atoms with Crippen molar-refractivity contribution < 1.29 is 26.9 Å². The van der Waals surface area contributed by atoms with Gasteiger partial charge in [0.2, 0.25) is 0 Å². The lowest BCUT2D eigenvalue weighted by atomic mass is 10.0. The number of hydrogen-bond acceptors (Lipinski definition) is 5. The number of alkyl halides is 3. The Balaban J connectivity index is 2.16. The first-order valence-corrected chi connectivity index (χ1v) is 8.81. The molecule has 1 amide bonds. The molecule has 0 aliphatic heterocycles. The second-order valence-corrected chi connectivity index (χ2v) is 6.67. The van der Waals surface area contributed by atoms with Gasteiger partial charge in [0.05, 0.1) is 22.3 Å². The van der Waals surface area contributed by atoms with E-state index in [4.69, 9.17) is 8.94 Å². The number of hydrogen-bond donors (Lipinski definition) is 0. The molecule has 3 heterocycles. The van der Waals surface area contributed by atoms with Crippen LogP contribution in [0.1, 0.15) is 40.9 Å². The second-order valence-electron chi connectivity index (χ2n) is 6.67. The van der Waals surface area contributed by atoms with Crippen molar-refractivity contribution in [1.82, 2.24) is 15.0 Å². The molecule has 0 aliphatic rings. The van der Waals surface area contributed by atoms with Crippen LogP contribution in [0.5, 0.6) is 0 Å². The molecule has 0 saturated carbocycles. The molecule has 150 valence electrons. The minimum absolute atomic E-state index is 0.0222. The molecule has 0 aromatic carbocycles. The van der Waals surface area contributed by atoms with E-state index in [9.17, 15) is 18.0 Å². The Kier molecular flexibility index (Phi) is 5.18. The topological polar surface area (TPSA) is 72.4 Å². The van der Waals surface area contributed by atoms with Gasteiger partial charge in [0.15, 0.2) is 0 Å². The predicted octanol–water partition coefficient (Wildman–Crippen LogP) is 4.82. The van der Waals surface area contributed by atoms with Gasteiger partial charge in [-0.15, -0.1) is 0 Å². The maximum atomic E-state index is 13.1. The summed E-state index contributed by atoms with van der Waals surface area (Å²) in [6.07, 6.45) is -4.10. The Morgan fingerprint density at radius 3 is 2.50 bits per heavy atom. The van der Waals surface area contributed by atoms with Crippen LogP contribution in [-0.4, -0.2) is 40.2 Å². The van der Waals surface area contributed by atoms with E-state index >= 15 is 0 Å². The molecule has 0 unspecified atom stereocenters. The molecule has 0 atom stereocenters. The first-order chi connectivity index (χ1) is 13.1. The third-order valence-corrected chi connectivity index (χ3v) is 4.32. The van der Waals surface area contributed by atoms with Gasteiger partial charge in [-0.2, -0.15) is 13.2 Å². The van der Waals surface area contributed by atoms with Crippen LogP contribution in [0.2, 0.25) is 0 Å². The maximum Gasteiger partial charge on any atom is 0.406 e. The monoisotopic (exact) mass is 395 g/mol. The van der Waals surface area contributed by atoms with Crippen LogP contribution >= 0.6 is 0 Å². The minimum atomic E-state index is -4.50. The SMILES string of the molecule is CCCN(CC(F)(F)F)C(=O)c1cc(-c2cc(C)oc2C)nc2onc(C)c12. The highest BCUT2D eigenvalue weighted by Crippen LogP contribution is 2.31. The summed E-state index contributed by atoms with van der Waals surface area (Å²) in [5.41, 5.74) is 1.58. The number of nitrogens with zero attached hydrogens (tertiary/aromatic N) is 3. The van der Waals surface area contributed by atoms with E-state index in [0.717, 1.165) is 4.90 Å².